The van der Waals surface area contributed by atoms with Crippen LogP contribution in [0.1, 0.15) is 39.0 Å². The van der Waals surface area contributed by atoms with Gasteiger partial charge in [-0.25, -0.2) is 4.39 Å². The fraction of sp³-hybridized carbons (Fsp3) is 0.286. The van der Waals surface area contributed by atoms with Crippen LogP contribution in [0.3, 0.4) is 0 Å². The number of nitrogens with zero attached hydrogens (tertiary/aromatic N) is 2. The Kier molecular flexibility index (Phi) is 7.46. The van der Waals surface area contributed by atoms with Gasteiger partial charge in [0.05, 0.1) is 19.1 Å². The van der Waals surface area contributed by atoms with Crippen molar-refractivity contribution in [3.05, 3.63) is 101 Å². The van der Waals surface area contributed by atoms with Crippen molar-refractivity contribution in [1.29, 1.82) is 0 Å². The summed E-state index contributed by atoms with van der Waals surface area (Å²) < 4.78 is 18.9. The van der Waals surface area contributed by atoms with Crippen LogP contribution in [-0.4, -0.2) is 55.9 Å². The summed E-state index contributed by atoms with van der Waals surface area (Å²) in [4.78, 5) is 31.1. The van der Waals surface area contributed by atoms with Crippen molar-refractivity contribution in [2.75, 3.05) is 34.3 Å². The number of carbonyl (C=O) groups is 2. The van der Waals surface area contributed by atoms with Gasteiger partial charge in [-0.2, -0.15) is 0 Å². The molecule has 0 fully saturated rings. The molecule has 0 saturated carbocycles. The van der Waals surface area contributed by atoms with E-state index >= 15 is 0 Å². The van der Waals surface area contributed by atoms with Crippen LogP contribution >= 0.6 is 0 Å². The minimum Gasteiger partial charge on any atom is -0.497 e. The van der Waals surface area contributed by atoms with Crippen LogP contribution < -0.4 is 10.1 Å². The lowest BCUT2D eigenvalue weighted by Crippen LogP contribution is -2.47. The van der Waals surface area contributed by atoms with Gasteiger partial charge in [0.25, 0.3) is 5.91 Å². The highest BCUT2D eigenvalue weighted by molar-refractivity contribution is 6.01. The van der Waals surface area contributed by atoms with E-state index in [4.69, 9.17) is 4.74 Å². The van der Waals surface area contributed by atoms with Crippen molar-refractivity contribution in [3.8, 4) is 5.75 Å². The molecule has 1 N–H and O–H groups in total. The van der Waals surface area contributed by atoms with Crippen LogP contribution in [0.25, 0.3) is 0 Å². The van der Waals surface area contributed by atoms with Gasteiger partial charge in [-0.15, -0.1) is 0 Å². The molecule has 6 nitrogen and oxygen atoms in total. The third-order valence-electron chi connectivity index (χ3n) is 6.30. The fourth-order valence-corrected chi connectivity index (χ4v) is 4.52. The summed E-state index contributed by atoms with van der Waals surface area (Å²) in [6.07, 6.45) is 0. The zero-order valence-electron chi connectivity index (χ0n) is 20.2. The minimum absolute atomic E-state index is 0.142. The monoisotopic (exact) mass is 475 g/mol. The van der Waals surface area contributed by atoms with Gasteiger partial charge < -0.3 is 19.9 Å². The number of amides is 2. The molecule has 2 atom stereocenters. The maximum Gasteiger partial charge on any atom is 0.255 e. The Morgan fingerprint density at radius 1 is 1.03 bits per heavy atom. The summed E-state index contributed by atoms with van der Waals surface area (Å²) >= 11 is 0. The predicted octanol–water partition coefficient (Wildman–Crippen LogP) is 3.99. The predicted molar refractivity (Wildman–Crippen MR) is 133 cm³/mol. The zero-order valence-corrected chi connectivity index (χ0v) is 20.2. The molecule has 2 amide bonds. The number of ether oxygens (including phenoxy) is 1. The highest BCUT2D eigenvalue weighted by atomic mass is 19.1. The normalized spacial score (nSPS) is 17.3. The number of methoxy groups -OCH3 is 1. The zero-order chi connectivity index (χ0) is 24.9. The molecule has 0 radical (unpaired) electrons. The lowest BCUT2D eigenvalue weighted by Gasteiger charge is -2.42. The van der Waals surface area contributed by atoms with E-state index in [1.807, 2.05) is 61.5 Å². The first-order chi connectivity index (χ1) is 16.9. The molecular formula is C28H30FN3O3. The fourth-order valence-electron chi connectivity index (χ4n) is 4.52. The number of hydrogen-bond donors (Lipinski definition) is 1. The topological polar surface area (TPSA) is 61.9 Å². The van der Waals surface area contributed by atoms with Crippen molar-refractivity contribution >= 4 is 11.8 Å². The Morgan fingerprint density at radius 2 is 1.71 bits per heavy atom. The molecule has 3 aromatic carbocycles. The average molecular weight is 476 g/mol. The molecule has 7 heteroatoms. The number of likely N-dealkylation sites (N-methyl/N-ethyl adjacent to an activating group) is 1. The summed E-state index contributed by atoms with van der Waals surface area (Å²) in [5, 5.41) is 3.06. The van der Waals surface area contributed by atoms with E-state index in [1.54, 1.807) is 30.2 Å². The maximum atomic E-state index is 13.8. The number of hydrogen-bond acceptors (Lipinski definition) is 4. The largest absolute Gasteiger partial charge is 0.497 e. The van der Waals surface area contributed by atoms with Crippen LogP contribution in [0.2, 0.25) is 0 Å². The summed E-state index contributed by atoms with van der Waals surface area (Å²) in [6.45, 7) is 1.43. The second kappa shape index (κ2) is 10.7. The molecule has 1 aliphatic rings. The lowest BCUT2D eigenvalue weighted by molar-refractivity contribution is -0.124. The average Bonchev–Trinajstić information content (AvgIpc) is 2.86. The SMILES string of the molecule is COc1ccc(C2C(C(=O)NCCN(C)C)c3ccccc3C(=O)N2Cc2ccc(F)cc2)cc1. The van der Waals surface area contributed by atoms with E-state index in [-0.39, 0.29) is 24.2 Å². The molecule has 2 unspecified atom stereocenters. The lowest BCUT2D eigenvalue weighted by atomic mass is 9.79. The molecule has 0 bridgehead atoms. The molecule has 0 aliphatic carbocycles. The standard InChI is InChI=1S/C28H30FN3O3/c1-31(2)17-16-30-27(33)25-23-6-4-5-7-24(23)28(34)32(18-19-8-12-21(29)13-9-19)26(25)20-10-14-22(35-3)15-11-20/h4-15,25-26H,16-18H2,1-3H3,(H,30,33). The first kappa shape index (κ1) is 24.4. The molecule has 182 valence electrons. The van der Waals surface area contributed by atoms with Gasteiger partial charge in [-0.3, -0.25) is 9.59 Å². The van der Waals surface area contributed by atoms with Crippen molar-refractivity contribution in [2.24, 2.45) is 0 Å². The second-order valence-electron chi connectivity index (χ2n) is 8.94. The van der Waals surface area contributed by atoms with E-state index in [1.165, 1.54) is 12.1 Å². The number of fused-ring (bicyclic) bond motifs is 1. The quantitative estimate of drug-likeness (QED) is 0.535. The Hall–Kier alpha value is -3.71. The summed E-state index contributed by atoms with van der Waals surface area (Å²) in [5.74, 6) is -0.568. The van der Waals surface area contributed by atoms with E-state index in [0.717, 1.165) is 11.1 Å². The molecule has 1 aliphatic heterocycles. The summed E-state index contributed by atoms with van der Waals surface area (Å²) in [6, 6.07) is 20.3. The van der Waals surface area contributed by atoms with Crippen molar-refractivity contribution in [3.63, 3.8) is 0 Å². The maximum absolute atomic E-state index is 13.8. The van der Waals surface area contributed by atoms with Crippen LogP contribution in [-0.2, 0) is 11.3 Å². The van der Waals surface area contributed by atoms with E-state index in [2.05, 4.69) is 5.32 Å². The molecule has 1 heterocycles. The first-order valence-corrected chi connectivity index (χ1v) is 11.6. The van der Waals surface area contributed by atoms with Crippen molar-refractivity contribution < 1.29 is 18.7 Å². The smallest absolute Gasteiger partial charge is 0.255 e. The van der Waals surface area contributed by atoms with Gasteiger partial charge in [-0.05, 0) is 61.1 Å². The van der Waals surface area contributed by atoms with Crippen LogP contribution in [0.5, 0.6) is 5.75 Å². The Labute approximate surface area is 205 Å². The van der Waals surface area contributed by atoms with Gasteiger partial charge in [0.1, 0.15) is 11.6 Å². The Morgan fingerprint density at radius 3 is 2.37 bits per heavy atom. The highest BCUT2D eigenvalue weighted by Gasteiger charge is 2.44. The minimum atomic E-state index is -0.611. The Balaban J connectivity index is 1.80. The van der Waals surface area contributed by atoms with Gasteiger partial charge in [0, 0.05) is 25.2 Å². The molecule has 4 rings (SSSR count). The number of nitrogens with one attached hydrogen (secondary N) is 1. The van der Waals surface area contributed by atoms with E-state index < -0.39 is 12.0 Å². The van der Waals surface area contributed by atoms with Crippen LogP contribution in [0.4, 0.5) is 4.39 Å². The Bertz CT molecular complexity index is 1180. The number of rotatable bonds is 8. The summed E-state index contributed by atoms with van der Waals surface area (Å²) in [5.41, 5.74) is 2.82. The molecule has 35 heavy (non-hydrogen) atoms. The van der Waals surface area contributed by atoms with E-state index in [9.17, 15) is 14.0 Å². The molecule has 3 aromatic rings. The number of halogens is 1. The van der Waals surface area contributed by atoms with Gasteiger partial charge in [-0.1, -0.05) is 42.5 Å². The molecule has 0 spiro atoms. The van der Waals surface area contributed by atoms with Crippen LogP contribution in [0.15, 0.2) is 72.8 Å². The highest BCUT2D eigenvalue weighted by Crippen LogP contribution is 2.43. The van der Waals surface area contributed by atoms with Crippen molar-refractivity contribution in [1.82, 2.24) is 15.1 Å². The van der Waals surface area contributed by atoms with Gasteiger partial charge in [0.2, 0.25) is 5.91 Å². The third kappa shape index (κ3) is 5.35. The molecule has 0 aromatic heterocycles. The van der Waals surface area contributed by atoms with Crippen LogP contribution in [0, 0.1) is 5.82 Å². The van der Waals surface area contributed by atoms with Crippen molar-refractivity contribution in [2.45, 2.75) is 18.5 Å². The van der Waals surface area contributed by atoms with Gasteiger partial charge >= 0.3 is 0 Å². The van der Waals surface area contributed by atoms with E-state index in [0.29, 0.717) is 30.0 Å². The molecule has 0 saturated heterocycles. The third-order valence-corrected chi connectivity index (χ3v) is 6.30. The number of benzene rings is 3. The first-order valence-electron chi connectivity index (χ1n) is 11.6. The summed E-state index contributed by atoms with van der Waals surface area (Å²) in [7, 11) is 5.49. The van der Waals surface area contributed by atoms with Gasteiger partial charge in [0.15, 0.2) is 0 Å². The molecular weight excluding hydrogens is 445 g/mol. The second-order valence-corrected chi connectivity index (χ2v) is 8.94. The number of carbonyl (C=O) groups excluding carboxylic acids is 2.